The fraction of sp³-hybridized carbons (Fsp3) is 0.100. The average Bonchev–Trinajstić information content (AvgIpc) is 3.38. The van der Waals surface area contributed by atoms with Crippen molar-refractivity contribution in [2.45, 2.75) is 17.5 Å². The zero-order valence-electron chi connectivity index (χ0n) is 15.1. The van der Waals surface area contributed by atoms with Crippen molar-refractivity contribution in [2.24, 2.45) is 0 Å². The lowest BCUT2D eigenvalue weighted by molar-refractivity contribution is -0.385. The third kappa shape index (κ3) is 4.33. The number of furan rings is 1. The lowest BCUT2D eigenvalue weighted by Gasteiger charge is -2.09. The Labute approximate surface area is 175 Å². The van der Waals surface area contributed by atoms with Crippen LogP contribution in [0.5, 0.6) is 0 Å². The first-order valence-corrected chi connectivity index (χ1v) is 10.0. The van der Waals surface area contributed by atoms with E-state index in [1.165, 1.54) is 17.8 Å². The SMILES string of the molecule is O=[N+]([O-])c1ccccc1CSc1nnc(-c2ccc(Cl)cc2)n1Cc1ccco1. The van der Waals surface area contributed by atoms with Crippen molar-refractivity contribution >= 4 is 29.1 Å². The zero-order valence-corrected chi connectivity index (χ0v) is 16.6. The molecule has 2 aromatic heterocycles. The van der Waals surface area contributed by atoms with Crippen LogP contribution in [0, 0.1) is 10.1 Å². The minimum absolute atomic E-state index is 0.0926. The number of hydrogen-bond donors (Lipinski definition) is 0. The van der Waals surface area contributed by atoms with Crippen molar-refractivity contribution in [1.29, 1.82) is 0 Å². The van der Waals surface area contributed by atoms with Gasteiger partial charge in [0.25, 0.3) is 5.69 Å². The van der Waals surface area contributed by atoms with Crippen LogP contribution in [-0.4, -0.2) is 19.7 Å². The van der Waals surface area contributed by atoms with Gasteiger partial charge in [-0.05, 0) is 36.4 Å². The summed E-state index contributed by atoms with van der Waals surface area (Å²) in [7, 11) is 0. The standard InChI is InChI=1S/C20H15ClN4O3S/c21-16-9-7-14(8-10-16)19-22-23-20(24(19)12-17-5-3-11-28-17)29-13-15-4-1-2-6-18(15)25(26)27/h1-11H,12-13H2. The van der Waals surface area contributed by atoms with E-state index in [0.29, 0.717) is 33.9 Å². The van der Waals surface area contributed by atoms with Crippen LogP contribution in [-0.2, 0) is 12.3 Å². The van der Waals surface area contributed by atoms with Gasteiger partial charge in [-0.25, -0.2) is 0 Å². The third-order valence-corrected chi connectivity index (χ3v) is 5.53. The molecule has 0 bridgehead atoms. The first kappa shape index (κ1) is 19.2. The molecule has 0 unspecified atom stereocenters. The van der Waals surface area contributed by atoms with Crippen LogP contribution >= 0.6 is 23.4 Å². The molecular weight excluding hydrogens is 412 g/mol. The maximum Gasteiger partial charge on any atom is 0.273 e. The summed E-state index contributed by atoms with van der Waals surface area (Å²) in [6.45, 7) is 0.442. The molecule has 0 saturated carbocycles. The molecule has 29 heavy (non-hydrogen) atoms. The smallest absolute Gasteiger partial charge is 0.273 e. The summed E-state index contributed by atoms with van der Waals surface area (Å²) < 4.78 is 7.42. The molecule has 0 saturated heterocycles. The molecule has 4 aromatic rings. The van der Waals surface area contributed by atoms with E-state index in [4.69, 9.17) is 16.0 Å². The number of nitrogens with zero attached hydrogens (tertiary/aromatic N) is 4. The summed E-state index contributed by atoms with van der Waals surface area (Å²) in [4.78, 5) is 10.9. The van der Waals surface area contributed by atoms with Crippen LogP contribution < -0.4 is 0 Å². The highest BCUT2D eigenvalue weighted by atomic mass is 35.5. The molecule has 0 fully saturated rings. The molecule has 9 heteroatoms. The summed E-state index contributed by atoms with van der Waals surface area (Å²) >= 11 is 7.39. The predicted octanol–water partition coefficient (Wildman–Crippen LogP) is 5.44. The predicted molar refractivity (Wildman–Crippen MR) is 111 cm³/mol. The molecule has 2 heterocycles. The number of benzene rings is 2. The Morgan fingerprint density at radius 3 is 2.59 bits per heavy atom. The van der Waals surface area contributed by atoms with Crippen LogP contribution in [0.15, 0.2) is 76.5 Å². The number of thioether (sulfide) groups is 1. The highest BCUT2D eigenvalue weighted by Gasteiger charge is 2.18. The normalized spacial score (nSPS) is 10.9. The fourth-order valence-corrected chi connectivity index (χ4v) is 3.92. The topological polar surface area (TPSA) is 87.0 Å². The van der Waals surface area contributed by atoms with E-state index >= 15 is 0 Å². The second-order valence-corrected chi connectivity index (χ2v) is 7.53. The number of para-hydroxylation sites is 1. The average molecular weight is 427 g/mol. The minimum Gasteiger partial charge on any atom is -0.467 e. The van der Waals surface area contributed by atoms with Crippen molar-refractivity contribution in [3.63, 3.8) is 0 Å². The first-order chi connectivity index (χ1) is 14.1. The van der Waals surface area contributed by atoms with Gasteiger partial charge in [-0.1, -0.05) is 41.6 Å². The van der Waals surface area contributed by atoms with E-state index in [2.05, 4.69) is 10.2 Å². The maximum atomic E-state index is 11.3. The molecule has 0 atom stereocenters. The molecule has 0 spiro atoms. The molecule has 0 aliphatic carbocycles. The first-order valence-electron chi connectivity index (χ1n) is 8.68. The summed E-state index contributed by atoms with van der Waals surface area (Å²) in [6.07, 6.45) is 1.61. The summed E-state index contributed by atoms with van der Waals surface area (Å²) in [5.74, 6) is 1.82. The number of rotatable bonds is 7. The summed E-state index contributed by atoms with van der Waals surface area (Å²) in [5, 5.41) is 21.2. The number of hydrogen-bond acceptors (Lipinski definition) is 6. The van der Waals surface area contributed by atoms with Crippen molar-refractivity contribution in [3.8, 4) is 11.4 Å². The third-order valence-electron chi connectivity index (χ3n) is 4.26. The monoisotopic (exact) mass is 426 g/mol. The number of aromatic nitrogens is 3. The Bertz CT molecular complexity index is 1130. The maximum absolute atomic E-state index is 11.3. The van der Waals surface area contributed by atoms with Crippen molar-refractivity contribution < 1.29 is 9.34 Å². The molecule has 146 valence electrons. The van der Waals surface area contributed by atoms with Gasteiger partial charge in [-0.15, -0.1) is 10.2 Å². The van der Waals surface area contributed by atoms with E-state index in [1.807, 2.05) is 28.8 Å². The van der Waals surface area contributed by atoms with Crippen molar-refractivity contribution in [1.82, 2.24) is 14.8 Å². The van der Waals surface area contributed by atoms with Crippen LogP contribution in [0.25, 0.3) is 11.4 Å². The summed E-state index contributed by atoms with van der Waals surface area (Å²) in [5.41, 5.74) is 1.59. The fourth-order valence-electron chi connectivity index (χ4n) is 2.86. The van der Waals surface area contributed by atoms with E-state index in [1.54, 1.807) is 36.6 Å². The van der Waals surface area contributed by atoms with Crippen LogP contribution in [0.1, 0.15) is 11.3 Å². The lowest BCUT2D eigenvalue weighted by atomic mass is 10.2. The van der Waals surface area contributed by atoms with Gasteiger partial charge in [0, 0.05) is 28.0 Å². The van der Waals surface area contributed by atoms with Crippen LogP contribution in [0.4, 0.5) is 5.69 Å². The second kappa shape index (κ2) is 8.50. The zero-order chi connectivity index (χ0) is 20.2. The quantitative estimate of drug-likeness (QED) is 0.222. The molecule has 4 rings (SSSR count). The molecule has 0 amide bonds. The second-order valence-electron chi connectivity index (χ2n) is 6.15. The Hall–Kier alpha value is -3.10. The lowest BCUT2D eigenvalue weighted by Crippen LogP contribution is -2.03. The van der Waals surface area contributed by atoms with Gasteiger partial charge in [0.2, 0.25) is 0 Å². The highest BCUT2D eigenvalue weighted by molar-refractivity contribution is 7.98. The molecule has 0 radical (unpaired) electrons. The van der Waals surface area contributed by atoms with E-state index in [-0.39, 0.29) is 10.6 Å². The minimum atomic E-state index is -0.372. The van der Waals surface area contributed by atoms with Crippen LogP contribution in [0.3, 0.4) is 0 Å². The number of nitro benzene ring substituents is 1. The molecule has 0 aliphatic rings. The number of halogens is 1. The van der Waals surface area contributed by atoms with E-state index in [0.717, 1.165) is 11.3 Å². The molecule has 0 N–H and O–H groups in total. The van der Waals surface area contributed by atoms with Gasteiger partial charge in [0.05, 0.1) is 17.7 Å². The largest absolute Gasteiger partial charge is 0.467 e. The van der Waals surface area contributed by atoms with Gasteiger partial charge in [0.15, 0.2) is 11.0 Å². The van der Waals surface area contributed by atoms with Gasteiger partial charge in [-0.3, -0.25) is 14.7 Å². The molecule has 7 nitrogen and oxygen atoms in total. The highest BCUT2D eigenvalue weighted by Crippen LogP contribution is 2.30. The Morgan fingerprint density at radius 2 is 1.86 bits per heavy atom. The van der Waals surface area contributed by atoms with Crippen LogP contribution in [0.2, 0.25) is 5.02 Å². The Balaban J connectivity index is 1.66. The van der Waals surface area contributed by atoms with Gasteiger partial charge in [-0.2, -0.15) is 0 Å². The van der Waals surface area contributed by atoms with E-state index < -0.39 is 0 Å². The van der Waals surface area contributed by atoms with Crippen molar-refractivity contribution in [2.75, 3.05) is 0 Å². The van der Waals surface area contributed by atoms with E-state index in [9.17, 15) is 10.1 Å². The molecule has 2 aromatic carbocycles. The molecular formula is C20H15ClN4O3S. The van der Waals surface area contributed by atoms with Gasteiger partial charge < -0.3 is 4.42 Å². The summed E-state index contributed by atoms with van der Waals surface area (Å²) in [6, 6.07) is 17.7. The van der Waals surface area contributed by atoms with Gasteiger partial charge >= 0.3 is 0 Å². The van der Waals surface area contributed by atoms with Crippen molar-refractivity contribution in [3.05, 3.63) is 93.4 Å². The number of nitro groups is 1. The molecule has 0 aliphatic heterocycles. The Morgan fingerprint density at radius 1 is 1.07 bits per heavy atom. The van der Waals surface area contributed by atoms with Gasteiger partial charge in [0.1, 0.15) is 5.76 Å². The Kier molecular flexibility index (Phi) is 5.64.